The number of piperazine rings is 1. The summed E-state index contributed by atoms with van der Waals surface area (Å²) in [4.78, 5) is 32.0. The van der Waals surface area contributed by atoms with E-state index in [1.54, 1.807) is 12.1 Å². The molecule has 1 atom stereocenters. The molecule has 4 rings (SSSR count). The van der Waals surface area contributed by atoms with E-state index in [0.717, 1.165) is 56.7 Å². The molecule has 0 radical (unpaired) electrons. The fourth-order valence-electron chi connectivity index (χ4n) is 6.17. The Balaban J connectivity index is 0.947. The number of ether oxygens (including phenoxy) is 4. The average Bonchev–Trinajstić information content (AvgIpc) is 3.15. The molecule has 11 heteroatoms. The number of phenols is 1. The fourth-order valence-corrected chi connectivity index (χ4v) is 6.17. The lowest BCUT2D eigenvalue weighted by Crippen LogP contribution is -2.49. The van der Waals surface area contributed by atoms with Gasteiger partial charge in [0, 0.05) is 62.8 Å². The maximum Gasteiger partial charge on any atom is 0.251 e. The van der Waals surface area contributed by atoms with Crippen LogP contribution >= 0.6 is 0 Å². The second-order valence-corrected chi connectivity index (χ2v) is 13.1. The number of aryl methyl sites for hydroxylation is 1. The van der Waals surface area contributed by atoms with Crippen molar-refractivity contribution >= 4 is 17.5 Å². The van der Waals surface area contributed by atoms with Crippen LogP contribution in [0.4, 0.5) is 5.69 Å². The fraction of sp³-hybridized carbons (Fsp3) is 0.550. The van der Waals surface area contributed by atoms with Gasteiger partial charge in [0.25, 0.3) is 5.91 Å². The molecule has 1 unspecified atom stereocenters. The summed E-state index contributed by atoms with van der Waals surface area (Å²) in [6, 6.07) is 15.0. The molecule has 1 aliphatic carbocycles. The standard InChI is InChI=1S/C40H58N4O7/c1-4-42(5-2)36-15-18-40(3,19-16-36)41-39(47)34-10-6-8-33(32-34)9-7-24-48-26-28-50-30-31-51-29-27-49-25-17-38(46)44-22-20-43(21-23-44)35-11-13-37(45)14-12-35/h6,8,10-16,18,32,45H,4-5,7,9,17,19-31H2,1-3H3,(H,41,47). The molecule has 1 fully saturated rings. The Morgan fingerprint density at radius 3 is 2.08 bits per heavy atom. The number of allylic oxidation sites excluding steroid dienone is 1. The molecule has 2 amide bonds. The number of amides is 2. The van der Waals surface area contributed by atoms with Crippen molar-refractivity contribution in [1.82, 2.24) is 15.1 Å². The van der Waals surface area contributed by atoms with Crippen molar-refractivity contribution in [3.63, 3.8) is 0 Å². The summed E-state index contributed by atoms with van der Waals surface area (Å²) < 4.78 is 22.5. The maximum absolute atomic E-state index is 13.1. The number of nitrogens with one attached hydrogen (secondary N) is 1. The first-order valence-electron chi connectivity index (χ1n) is 18.5. The van der Waals surface area contributed by atoms with Gasteiger partial charge in [0.2, 0.25) is 5.91 Å². The molecule has 0 saturated carbocycles. The number of aromatic hydroxyl groups is 1. The van der Waals surface area contributed by atoms with Gasteiger partial charge < -0.3 is 44.1 Å². The van der Waals surface area contributed by atoms with Crippen LogP contribution in [-0.2, 0) is 30.2 Å². The van der Waals surface area contributed by atoms with Gasteiger partial charge in [-0.05, 0) is 88.1 Å². The van der Waals surface area contributed by atoms with Crippen molar-refractivity contribution in [3.8, 4) is 5.75 Å². The first-order valence-corrected chi connectivity index (χ1v) is 18.5. The van der Waals surface area contributed by atoms with Crippen LogP contribution in [0.25, 0.3) is 0 Å². The van der Waals surface area contributed by atoms with Gasteiger partial charge in [-0.15, -0.1) is 0 Å². The predicted octanol–water partition coefficient (Wildman–Crippen LogP) is 4.80. The zero-order valence-electron chi connectivity index (χ0n) is 30.8. The number of hydrogen-bond acceptors (Lipinski definition) is 9. The zero-order valence-corrected chi connectivity index (χ0v) is 30.8. The Kier molecular flexibility index (Phi) is 16.8. The lowest BCUT2D eigenvalue weighted by Gasteiger charge is -2.36. The van der Waals surface area contributed by atoms with E-state index in [1.165, 1.54) is 5.70 Å². The molecule has 1 heterocycles. The number of carbonyl (C=O) groups is 2. The molecule has 51 heavy (non-hydrogen) atoms. The molecule has 1 saturated heterocycles. The lowest BCUT2D eigenvalue weighted by atomic mass is 9.91. The third-order valence-corrected chi connectivity index (χ3v) is 9.25. The van der Waals surface area contributed by atoms with Crippen LogP contribution in [0, 0.1) is 0 Å². The van der Waals surface area contributed by atoms with Gasteiger partial charge in [-0.25, -0.2) is 0 Å². The Morgan fingerprint density at radius 2 is 1.47 bits per heavy atom. The van der Waals surface area contributed by atoms with Crippen LogP contribution in [0.5, 0.6) is 5.75 Å². The van der Waals surface area contributed by atoms with Gasteiger partial charge in [-0.3, -0.25) is 9.59 Å². The molecular weight excluding hydrogens is 648 g/mol. The summed E-state index contributed by atoms with van der Waals surface area (Å²) in [6.45, 7) is 15.1. The second kappa shape index (κ2) is 21.5. The van der Waals surface area contributed by atoms with E-state index in [2.05, 4.69) is 60.2 Å². The number of phenolic OH excluding ortho intramolecular Hbond substituents is 1. The largest absolute Gasteiger partial charge is 0.508 e. The minimum atomic E-state index is -0.404. The second-order valence-electron chi connectivity index (χ2n) is 13.1. The van der Waals surface area contributed by atoms with Crippen LogP contribution in [0.1, 0.15) is 56.0 Å². The number of carbonyl (C=O) groups excluding carboxylic acids is 2. The summed E-state index contributed by atoms with van der Waals surface area (Å²) >= 11 is 0. The molecule has 11 nitrogen and oxygen atoms in total. The van der Waals surface area contributed by atoms with Crippen LogP contribution in [-0.4, -0.2) is 124 Å². The summed E-state index contributed by atoms with van der Waals surface area (Å²) in [6.07, 6.45) is 9.24. The minimum absolute atomic E-state index is 0.0604. The molecule has 0 bridgehead atoms. The topological polar surface area (TPSA) is 113 Å². The van der Waals surface area contributed by atoms with Crippen molar-refractivity contribution in [2.75, 3.05) is 97.0 Å². The van der Waals surface area contributed by atoms with Crippen LogP contribution in [0.2, 0.25) is 0 Å². The monoisotopic (exact) mass is 706 g/mol. The predicted molar refractivity (Wildman–Crippen MR) is 200 cm³/mol. The van der Waals surface area contributed by atoms with Crippen LogP contribution in [0.3, 0.4) is 0 Å². The number of nitrogens with zero attached hydrogens (tertiary/aromatic N) is 3. The van der Waals surface area contributed by atoms with E-state index in [1.807, 2.05) is 35.2 Å². The van der Waals surface area contributed by atoms with Gasteiger partial charge in [-0.1, -0.05) is 24.3 Å². The Morgan fingerprint density at radius 1 is 0.843 bits per heavy atom. The first kappa shape index (κ1) is 39.9. The van der Waals surface area contributed by atoms with E-state index in [0.29, 0.717) is 77.9 Å². The Hall–Kier alpha value is -3.90. The average molecular weight is 707 g/mol. The summed E-state index contributed by atoms with van der Waals surface area (Å²) in [5.74, 6) is 0.300. The van der Waals surface area contributed by atoms with Gasteiger partial charge in [-0.2, -0.15) is 0 Å². The van der Waals surface area contributed by atoms with Crippen LogP contribution in [0.15, 0.2) is 72.5 Å². The highest BCUT2D eigenvalue weighted by atomic mass is 16.6. The number of anilines is 1. The Labute approximate surface area is 304 Å². The minimum Gasteiger partial charge on any atom is -0.508 e. The highest BCUT2D eigenvalue weighted by Gasteiger charge is 2.26. The summed E-state index contributed by atoms with van der Waals surface area (Å²) in [5.41, 5.74) is 3.66. The highest BCUT2D eigenvalue weighted by molar-refractivity contribution is 5.95. The SMILES string of the molecule is CCN(CC)C1=CCC(C)(NC(=O)c2cccc(CCCOCCOCCOCCOCCC(=O)N3CCN(c4ccc(O)cc4)CC3)c2)C=C1. The van der Waals surface area contributed by atoms with E-state index < -0.39 is 5.54 Å². The molecular formula is C40H58N4O7. The molecule has 280 valence electrons. The quantitative estimate of drug-likeness (QED) is 0.167. The van der Waals surface area contributed by atoms with Gasteiger partial charge >= 0.3 is 0 Å². The maximum atomic E-state index is 13.1. The molecule has 0 spiro atoms. The lowest BCUT2D eigenvalue weighted by molar-refractivity contribution is -0.132. The molecule has 2 aromatic rings. The number of benzene rings is 2. The first-order chi connectivity index (χ1) is 24.8. The summed E-state index contributed by atoms with van der Waals surface area (Å²) in [7, 11) is 0. The molecule has 2 aromatic carbocycles. The third kappa shape index (κ3) is 13.6. The Bertz CT molecular complexity index is 1400. The molecule has 1 aliphatic heterocycles. The van der Waals surface area contributed by atoms with Crippen molar-refractivity contribution in [3.05, 3.63) is 83.6 Å². The van der Waals surface area contributed by atoms with Crippen molar-refractivity contribution in [2.45, 2.75) is 52.0 Å². The molecule has 2 aliphatic rings. The van der Waals surface area contributed by atoms with Crippen molar-refractivity contribution < 1.29 is 33.6 Å². The van der Waals surface area contributed by atoms with E-state index in [4.69, 9.17) is 18.9 Å². The van der Waals surface area contributed by atoms with Crippen molar-refractivity contribution in [2.24, 2.45) is 0 Å². The smallest absolute Gasteiger partial charge is 0.251 e. The number of hydrogen-bond donors (Lipinski definition) is 2. The van der Waals surface area contributed by atoms with E-state index in [-0.39, 0.29) is 17.6 Å². The van der Waals surface area contributed by atoms with Gasteiger partial charge in [0.15, 0.2) is 0 Å². The van der Waals surface area contributed by atoms with E-state index >= 15 is 0 Å². The molecule has 2 N–H and O–H groups in total. The normalized spacial score (nSPS) is 17.4. The van der Waals surface area contributed by atoms with Gasteiger partial charge in [0.05, 0.1) is 58.2 Å². The van der Waals surface area contributed by atoms with Crippen LogP contribution < -0.4 is 10.2 Å². The highest BCUT2D eigenvalue weighted by Crippen LogP contribution is 2.24. The van der Waals surface area contributed by atoms with Crippen molar-refractivity contribution in [1.29, 1.82) is 0 Å². The zero-order chi connectivity index (χ0) is 36.3. The number of likely N-dealkylation sites (N-methyl/N-ethyl adjacent to an activating group) is 1. The van der Waals surface area contributed by atoms with E-state index in [9.17, 15) is 14.7 Å². The third-order valence-electron chi connectivity index (χ3n) is 9.25. The van der Waals surface area contributed by atoms with Gasteiger partial charge in [0.1, 0.15) is 5.75 Å². The number of rotatable bonds is 22. The summed E-state index contributed by atoms with van der Waals surface area (Å²) in [5, 5.41) is 12.7. The molecule has 0 aromatic heterocycles.